The highest BCUT2D eigenvalue weighted by Gasteiger charge is 2.11. The van der Waals surface area contributed by atoms with Crippen molar-refractivity contribution in [1.29, 1.82) is 0 Å². The molecule has 0 saturated heterocycles. The molecule has 108 valence electrons. The molecular formula is C13H19N5O2. The standard InChI is InChI=1S/C13H19N5O2/c1-9(2)13-16-10(17-20-13)5-6-18(3)11-7-12(19-4)15-8-14-11/h7-9H,5-6H2,1-4H3. The van der Waals surface area contributed by atoms with Crippen molar-refractivity contribution < 1.29 is 9.26 Å². The molecule has 20 heavy (non-hydrogen) atoms. The molecule has 7 heteroatoms. The molecule has 0 fully saturated rings. The van der Waals surface area contributed by atoms with E-state index in [4.69, 9.17) is 9.26 Å². The Morgan fingerprint density at radius 1 is 1.35 bits per heavy atom. The molecule has 0 radical (unpaired) electrons. The Labute approximate surface area is 118 Å². The van der Waals surface area contributed by atoms with E-state index in [9.17, 15) is 0 Å². The zero-order valence-corrected chi connectivity index (χ0v) is 12.2. The van der Waals surface area contributed by atoms with Gasteiger partial charge in [-0.25, -0.2) is 9.97 Å². The van der Waals surface area contributed by atoms with E-state index >= 15 is 0 Å². The molecular weight excluding hydrogens is 258 g/mol. The van der Waals surface area contributed by atoms with Gasteiger partial charge in [0, 0.05) is 32.0 Å². The van der Waals surface area contributed by atoms with Gasteiger partial charge in [0.2, 0.25) is 11.8 Å². The quantitative estimate of drug-likeness (QED) is 0.794. The average Bonchev–Trinajstić information content (AvgIpc) is 2.94. The molecule has 7 nitrogen and oxygen atoms in total. The van der Waals surface area contributed by atoms with Gasteiger partial charge in [0.1, 0.15) is 12.1 Å². The molecule has 0 saturated carbocycles. The van der Waals surface area contributed by atoms with Gasteiger partial charge in [-0.15, -0.1) is 0 Å². The maximum absolute atomic E-state index is 5.18. The molecule has 0 aromatic carbocycles. The van der Waals surface area contributed by atoms with Crippen molar-refractivity contribution in [1.82, 2.24) is 20.1 Å². The van der Waals surface area contributed by atoms with Crippen LogP contribution in [0.1, 0.15) is 31.5 Å². The highest BCUT2D eigenvalue weighted by atomic mass is 16.5. The maximum Gasteiger partial charge on any atom is 0.229 e. The second-order valence-corrected chi connectivity index (χ2v) is 4.79. The van der Waals surface area contributed by atoms with Crippen LogP contribution in [0.3, 0.4) is 0 Å². The van der Waals surface area contributed by atoms with Crippen molar-refractivity contribution in [3.63, 3.8) is 0 Å². The van der Waals surface area contributed by atoms with Crippen molar-refractivity contribution >= 4 is 5.82 Å². The number of anilines is 1. The highest BCUT2D eigenvalue weighted by molar-refractivity contribution is 5.39. The van der Waals surface area contributed by atoms with Gasteiger partial charge >= 0.3 is 0 Å². The number of methoxy groups -OCH3 is 1. The molecule has 0 aliphatic rings. The zero-order valence-electron chi connectivity index (χ0n) is 12.2. The molecule has 0 N–H and O–H groups in total. The lowest BCUT2D eigenvalue weighted by atomic mass is 10.2. The normalized spacial score (nSPS) is 10.8. The van der Waals surface area contributed by atoms with E-state index in [1.54, 1.807) is 13.2 Å². The Kier molecular flexibility index (Phi) is 4.49. The minimum atomic E-state index is 0.250. The molecule has 2 aromatic heterocycles. The smallest absolute Gasteiger partial charge is 0.229 e. The summed E-state index contributed by atoms with van der Waals surface area (Å²) in [6.07, 6.45) is 2.18. The summed E-state index contributed by atoms with van der Waals surface area (Å²) >= 11 is 0. The first-order valence-electron chi connectivity index (χ1n) is 6.49. The van der Waals surface area contributed by atoms with Gasteiger partial charge in [0.25, 0.3) is 0 Å². The van der Waals surface area contributed by atoms with E-state index in [1.165, 1.54) is 6.33 Å². The van der Waals surface area contributed by atoms with E-state index < -0.39 is 0 Å². The SMILES string of the molecule is COc1cc(N(C)CCc2noc(C(C)C)n2)ncn1. The molecule has 0 amide bonds. The van der Waals surface area contributed by atoms with E-state index in [0.29, 0.717) is 24.0 Å². The average molecular weight is 277 g/mol. The Morgan fingerprint density at radius 2 is 2.15 bits per heavy atom. The molecule has 2 rings (SSSR count). The third kappa shape index (κ3) is 3.43. The zero-order chi connectivity index (χ0) is 14.5. The van der Waals surface area contributed by atoms with Gasteiger partial charge in [-0.3, -0.25) is 0 Å². The Hall–Kier alpha value is -2.18. The van der Waals surface area contributed by atoms with Crippen LogP contribution in [0.15, 0.2) is 16.9 Å². The number of nitrogens with zero attached hydrogens (tertiary/aromatic N) is 5. The van der Waals surface area contributed by atoms with Crippen molar-refractivity contribution in [2.24, 2.45) is 0 Å². The van der Waals surface area contributed by atoms with Crippen LogP contribution in [-0.2, 0) is 6.42 Å². The third-order valence-corrected chi connectivity index (χ3v) is 2.88. The second-order valence-electron chi connectivity index (χ2n) is 4.79. The summed E-state index contributed by atoms with van der Waals surface area (Å²) < 4.78 is 10.3. The van der Waals surface area contributed by atoms with Crippen molar-refractivity contribution in [2.75, 3.05) is 25.6 Å². The summed E-state index contributed by atoms with van der Waals surface area (Å²) in [6.45, 7) is 4.78. The minimum absolute atomic E-state index is 0.250. The summed E-state index contributed by atoms with van der Waals surface area (Å²) in [4.78, 5) is 14.5. The minimum Gasteiger partial charge on any atom is -0.481 e. The summed E-state index contributed by atoms with van der Waals surface area (Å²) in [5, 5.41) is 3.97. The molecule has 2 aromatic rings. The number of hydrogen-bond acceptors (Lipinski definition) is 7. The lowest BCUT2D eigenvalue weighted by molar-refractivity contribution is 0.360. The van der Waals surface area contributed by atoms with Crippen molar-refractivity contribution in [2.45, 2.75) is 26.2 Å². The fraction of sp³-hybridized carbons (Fsp3) is 0.538. The molecule has 0 atom stereocenters. The molecule has 2 heterocycles. The largest absolute Gasteiger partial charge is 0.481 e. The Morgan fingerprint density at radius 3 is 2.80 bits per heavy atom. The number of hydrogen-bond donors (Lipinski definition) is 0. The van der Waals surface area contributed by atoms with Gasteiger partial charge in [0.05, 0.1) is 7.11 Å². The molecule has 0 aliphatic carbocycles. The fourth-order valence-corrected chi connectivity index (χ4v) is 1.64. The summed E-state index contributed by atoms with van der Waals surface area (Å²) in [7, 11) is 3.53. The van der Waals surface area contributed by atoms with Gasteiger partial charge < -0.3 is 14.2 Å². The lowest BCUT2D eigenvalue weighted by Gasteiger charge is -2.17. The molecule has 0 unspecified atom stereocenters. The van der Waals surface area contributed by atoms with Crippen LogP contribution in [0, 0.1) is 0 Å². The van der Waals surface area contributed by atoms with E-state index in [2.05, 4.69) is 20.1 Å². The fourth-order valence-electron chi connectivity index (χ4n) is 1.64. The van der Waals surface area contributed by atoms with E-state index in [1.807, 2.05) is 25.8 Å². The first kappa shape index (κ1) is 14.2. The predicted octanol–water partition coefficient (Wildman–Crippen LogP) is 1.67. The summed E-state index contributed by atoms with van der Waals surface area (Å²) in [6, 6.07) is 1.79. The van der Waals surface area contributed by atoms with Crippen LogP contribution in [0.25, 0.3) is 0 Å². The Bertz CT molecular complexity index is 555. The molecule has 0 bridgehead atoms. The monoisotopic (exact) mass is 277 g/mol. The van der Waals surface area contributed by atoms with Crippen LogP contribution >= 0.6 is 0 Å². The first-order valence-corrected chi connectivity index (χ1v) is 6.49. The first-order chi connectivity index (χ1) is 9.60. The van der Waals surface area contributed by atoms with Gasteiger partial charge in [0.15, 0.2) is 5.82 Å². The van der Waals surface area contributed by atoms with Crippen molar-refractivity contribution in [3.05, 3.63) is 24.1 Å². The van der Waals surface area contributed by atoms with Crippen LogP contribution in [0.2, 0.25) is 0 Å². The Balaban J connectivity index is 1.95. The molecule has 0 aliphatic heterocycles. The van der Waals surface area contributed by atoms with Crippen molar-refractivity contribution in [3.8, 4) is 5.88 Å². The predicted molar refractivity (Wildman–Crippen MR) is 73.9 cm³/mol. The van der Waals surface area contributed by atoms with Gasteiger partial charge in [-0.05, 0) is 0 Å². The van der Waals surface area contributed by atoms with Crippen LogP contribution in [-0.4, -0.2) is 40.8 Å². The number of ether oxygens (including phenoxy) is 1. The van der Waals surface area contributed by atoms with Gasteiger partial charge in [-0.1, -0.05) is 19.0 Å². The maximum atomic E-state index is 5.18. The molecule has 0 spiro atoms. The second kappa shape index (κ2) is 6.31. The van der Waals surface area contributed by atoms with Crippen LogP contribution in [0.4, 0.5) is 5.82 Å². The van der Waals surface area contributed by atoms with Crippen LogP contribution < -0.4 is 9.64 Å². The highest BCUT2D eigenvalue weighted by Crippen LogP contribution is 2.15. The third-order valence-electron chi connectivity index (χ3n) is 2.88. The van der Waals surface area contributed by atoms with E-state index in [0.717, 1.165) is 12.4 Å². The van der Waals surface area contributed by atoms with E-state index in [-0.39, 0.29) is 5.92 Å². The lowest BCUT2D eigenvalue weighted by Crippen LogP contribution is -2.21. The van der Waals surface area contributed by atoms with Gasteiger partial charge in [-0.2, -0.15) is 4.98 Å². The number of aromatic nitrogens is 4. The van der Waals surface area contributed by atoms with Crippen LogP contribution in [0.5, 0.6) is 5.88 Å². The number of likely N-dealkylation sites (N-methyl/N-ethyl adjacent to an activating group) is 1. The summed E-state index contributed by atoms with van der Waals surface area (Å²) in [5.41, 5.74) is 0. The topological polar surface area (TPSA) is 77.2 Å². The summed E-state index contributed by atoms with van der Waals surface area (Å²) in [5.74, 6) is 2.97. The number of rotatable bonds is 6.